The molecule has 1 N–H and O–H groups in total. The molecule has 0 aliphatic heterocycles. The van der Waals surface area contributed by atoms with Crippen LogP contribution in [0, 0.1) is 0 Å². The largest absolute Gasteiger partial charge is 0.396 e. The van der Waals surface area contributed by atoms with Gasteiger partial charge in [-0.2, -0.15) is 8.42 Å². The minimum Gasteiger partial charge on any atom is -0.396 e. The first-order chi connectivity index (χ1) is 7.03. The number of hydrogen-bond donors (Lipinski definition) is 1. The molecule has 0 aromatic heterocycles. The molecule has 1 aliphatic carbocycles. The zero-order chi connectivity index (χ0) is 11.3. The van der Waals surface area contributed by atoms with Crippen LogP contribution in [0.2, 0.25) is 0 Å². The molecule has 0 bridgehead atoms. The van der Waals surface area contributed by atoms with Crippen LogP contribution in [0.5, 0.6) is 0 Å². The van der Waals surface area contributed by atoms with Crippen molar-refractivity contribution in [2.75, 3.05) is 6.61 Å². The second kappa shape index (κ2) is 7.94. The summed E-state index contributed by atoms with van der Waals surface area (Å²) in [5.41, 5.74) is 0.728. The van der Waals surface area contributed by atoms with Crippen LogP contribution in [0.3, 0.4) is 0 Å². The third kappa shape index (κ3) is 6.46. The maximum atomic E-state index is 10.7. The third-order valence-corrected chi connectivity index (χ3v) is 4.48. The Kier molecular flexibility index (Phi) is 8.30. The van der Waals surface area contributed by atoms with Gasteiger partial charge in [-0.05, 0) is 26.2 Å². The average Bonchev–Trinajstić information content (AvgIpc) is 2.14. The molecule has 1 radical (unpaired) electrons. The molecule has 5 nitrogen and oxygen atoms in total. The molecular formula is C8H15NNaO4S2. The fourth-order valence-electron chi connectivity index (χ4n) is 1.47. The first kappa shape index (κ1) is 16.7. The minimum atomic E-state index is -4.00. The van der Waals surface area contributed by atoms with Gasteiger partial charge in [0.2, 0.25) is 0 Å². The number of nitrogens with zero attached hydrogens (tertiary/aromatic N) is 1. The molecule has 8 heteroatoms. The summed E-state index contributed by atoms with van der Waals surface area (Å²) >= 11 is 0. The van der Waals surface area contributed by atoms with E-state index in [-0.39, 0.29) is 34.8 Å². The predicted octanol–water partition coefficient (Wildman–Crippen LogP) is 1.48. The molecule has 1 saturated carbocycles. The van der Waals surface area contributed by atoms with E-state index in [1.807, 2.05) is 6.92 Å². The van der Waals surface area contributed by atoms with Gasteiger partial charge in [-0.3, -0.25) is 4.55 Å². The zero-order valence-corrected chi connectivity index (χ0v) is 13.2. The van der Waals surface area contributed by atoms with Crippen LogP contribution in [-0.2, 0) is 14.0 Å². The number of rotatable bonds is 4. The summed E-state index contributed by atoms with van der Waals surface area (Å²) in [6, 6.07) is 0. The van der Waals surface area contributed by atoms with E-state index in [9.17, 15) is 8.42 Å². The molecule has 0 spiro atoms. The van der Waals surface area contributed by atoms with Crippen molar-refractivity contribution in [2.45, 2.75) is 37.9 Å². The molecule has 1 rings (SSSR count). The van der Waals surface area contributed by atoms with Gasteiger partial charge in [-0.25, -0.2) is 0 Å². The van der Waals surface area contributed by atoms with Crippen LogP contribution >= 0.6 is 10.8 Å². The van der Waals surface area contributed by atoms with Gasteiger partial charge >= 0.3 is 9.15 Å². The first-order valence-corrected chi connectivity index (χ1v) is 7.71. The summed E-state index contributed by atoms with van der Waals surface area (Å²) < 4.78 is 30.2. The Hall–Kier alpha value is 0.730. The van der Waals surface area contributed by atoms with Gasteiger partial charge in [0.1, 0.15) is 6.61 Å². The van der Waals surface area contributed by atoms with Gasteiger partial charge in [0.15, 0.2) is 0 Å². The van der Waals surface area contributed by atoms with Gasteiger partial charge in [0, 0.05) is 40.4 Å². The molecule has 89 valence electrons. The zero-order valence-electron chi connectivity index (χ0n) is 9.55. The summed E-state index contributed by atoms with van der Waals surface area (Å²) in [6.45, 7) is 2.28. The SMILES string of the molecule is CCON=C1CCCCC1SS(=O)(=O)O.[Na]. The van der Waals surface area contributed by atoms with Crippen molar-refractivity contribution in [3.63, 3.8) is 0 Å². The normalized spacial score (nSPS) is 23.9. The molecule has 0 aromatic rings. The summed E-state index contributed by atoms with van der Waals surface area (Å²) in [4.78, 5) is 4.92. The van der Waals surface area contributed by atoms with E-state index < -0.39 is 9.15 Å². The van der Waals surface area contributed by atoms with Crippen LogP contribution in [0.4, 0.5) is 0 Å². The molecule has 0 amide bonds. The van der Waals surface area contributed by atoms with Gasteiger partial charge in [0.05, 0.1) is 11.0 Å². The van der Waals surface area contributed by atoms with E-state index in [2.05, 4.69) is 5.16 Å². The summed E-state index contributed by atoms with van der Waals surface area (Å²) in [7, 11) is -3.45. The third-order valence-electron chi connectivity index (χ3n) is 2.07. The van der Waals surface area contributed by atoms with Crippen LogP contribution in [0.25, 0.3) is 0 Å². The number of oxime groups is 1. The van der Waals surface area contributed by atoms with Crippen LogP contribution < -0.4 is 0 Å². The quantitative estimate of drug-likeness (QED) is 0.364. The van der Waals surface area contributed by atoms with E-state index in [0.29, 0.717) is 17.4 Å². The molecule has 16 heavy (non-hydrogen) atoms. The summed E-state index contributed by atoms with van der Waals surface area (Å²) in [6.07, 6.45) is 3.41. The Morgan fingerprint density at radius 2 is 2.25 bits per heavy atom. The summed E-state index contributed by atoms with van der Waals surface area (Å²) in [5.74, 6) is 0. The smallest absolute Gasteiger partial charge is 0.320 e. The maximum Gasteiger partial charge on any atom is 0.320 e. The standard InChI is InChI=1S/C8H15NO4S2.Na/c1-2-13-9-7-5-3-4-6-8(7)14-15(10,11)12;/h8H,2-6H2,1H3,(H,10,11,12);. The van der Waals surface area contributed by atoms with Crippen molar-refractivity contribution in [1.82, 2.24) is 0 Å². The Labute approximate surface area is 122 Å². The van der Waals surface area contributed by atoms with E-state index in [1.165, 1.54) is 0 Å². The molecule has 0 heterocycles. The minimum absolute atomic E-state index is 0. The van der Waals surface area contributed by atoms with Crippen molar-refractivity contribution in [2.24, 2.45) is 5.16 Å². The molecule has 1 aliphatic rings. The molecule has 1 unspecified atom stereocenters. The second-order valence-electron chi connectivity index (χ2n) is 3.26. The van der Waals surface area contributed by atoms with E-state index in [0.717, 1.165) is 31.4 Å². The van der Waals surface area contributed by atoms with Gasteiger partial charge in [-0.1, -0.05) is 11.6 Å². The van der Waals surface area contributed by atoms with E-state index in [1.54, 1.807) is 0 Å². The first-order valence-electron chi connectivity index (χ1n) is 4.87. The van der Waals surface area contributed by atoms with Crippen molar-refractivity contribution < 1.29 is 17.8 Å². The van der Waals surface area contributed by atoms with Crippen LogP contribution in [0.15, 0.2) is 5.16 Å². The van der Waals surface area contributed by atoms with Crippen molar-refractivity contribution >= 4 is 55.2 Å². The van der Waals surface area contributed by atoms with E-state index in [4.69, 9.17) is 9.39 Å². The summed E-state index contributed by atoms with van der Waals surface area (Å²) in [5, 5.41) is 3.62. The average molecular weight is 276 g/mol. The van der Waals surface area contributed by atoms with Gasteiger partial charge in [0.25, 0.3) is 0 Å². The Morgan fingerprint density at radius 1 is 1.56 bits per heavy atom. The number of hydrogen-bond acceptors (Lipinski definition) is 5. The van der Waals surface area contributed by atoms with Crippen LogP contribution in [-0.4, -0.2) is 60.1 Å². The van der Waals surface area contributed by atoms with E-state index >= 15 is 0 Å². The van der Waals surface area contributed by atoms with Crippen molar-refractivity contribution in [3.05, 3.63) is 0 Å². The fraction of sp³-hybridized carbons (Fsp3) is 0.875. The molecule has 0 aromatic carbocycles. The molecule has 1 fully saturated rings. The molecule has 1 atom stereocenters. The Balaban J connectivity index is 0.00000225. The Morgan fingerprint density at radius 3 is 2.81 bits per heavy atom. The second-order valence-corrected chi connectivity index (χ2v) is 6.72. The topological polar surface area (TPSA) is 76.0 Å². The van der Waals surface area contributed by atoms with Gasteiger partial charge < -0.3 is 4.84 Å². The van der Waals surface area contributed by atoms with Crippen molar-refractivity contribution in [1.29, 1.82) is 0 Å². The van der Waals surface area contributed by atoms with Gasteiger partial charge in [-0.15, -0.1) is 0 Å². The van der Waals surface area contributed by atoms with Crippen molar-refractivity contribution in [3.8, 4) is 0 Å². The Bertz CT molecular complexity index is 331. The molecule has 0 saturated heterocycles. The predicted molar refractivity (Wildman–Crippen MR) is 66.2 cm³/mol. The fourth-order valence-corrected chi connectivity index (χ4v) is 3.80. The monoisotopic (exact) mass is 276 g/mol. The van der Waals surface area contributed by atoms with Crippen LogP contribution in [0.1, 0.15) is 32.6 Å². The molecular weight excluding hydrogens is 261 g/mol. The maximum absolute atomic E-state index is 10.7.